The second-order valence-electron chi connectivity index (χ2n) is 4.44. The maximum absolute atomic E-state index is 12.0. The van der Waals surface area contributed by atoms with Crippen LogP contribution in [0.3, 0.4) is 0 Å². The van der Waals surface area contributed by atoms with Crippen LogP contribution in [0.15, 0.2) is 0 Å². The molecule has 2 fully saturated rings. The van der Waals surface area contributed by atoms with E-state index < -0.39 is 0 Å². The lowest BCUT2D eigenvalue weighted by atomic mass is 10.0. The van der Waals surface area contributed by atoms with Crippen LogP contribution in [0.5, 0.6) is 0 Å². The van der Waals surface area contributed by atoms with E-state index in [1.807, 2.05) is 4.90 Å². The molecule has 14 heavy (non-hydrogen) atoms. The number of hydrogen-bond donors (Lipinski definition) is 0. The zero-order valence-corrected chi connectivity index (χ0v) is 8.87. The van der Waals surface area contributed by atoms with Crippen molar-refractivity contribution in [1.29, 1.82) is 0 Å². The SMILES string of the molecule is CC1CCOC1C(=O)N1CCCCC1. The summed E-state index contributed by atoms with van der Waals surface area (Å²) in [5, 5.41) is 0. The van der Waals surface area contributed by atoms with Gasteiger partial charge in [-0.25, -0.2) is 0 Å². The summed E-state index contributed by atoms with van der Waals surface area (Å²) < 4.78 is 5.49. The second-order valence-corrected chi connectivity index (χ2v) is 4.44. The fourth-order valence-electron chi connectivity index (χ4n) is 2.31. The highest BCUT2D eigenvalue weighted by Crippen LogP contribution is 2.23. The second kappa shape index (κ2) is 4.30. The number of ether oxygens (including phenoxy) is 1. The van der Waals surface area contributed by atoms with Gasteiger partial charge in [-0.05, 0) is 31.6 Å². The van der Waals surface area contributed by atoms with Gasteiger partial charge in [0.15, 0.2) is 0 Å². The van der Waals surface area contributed by atoms with Crippen molar-refractivity contribution >= 4 is 5.91 Å². The Labute approximate surface area is 85.4 Å². The van der Waals surface area contributed by atoms with Crippen LogP contribution in [-0.2, 0) is 9.53 Å². The van der Waals surface area contributed by atoms with E-state index in [-0.39, 0.29) is 12.0 Å². The summed E-state index contributed by atoms with van der Waals surface area (Å²) in [6, 6.07) is 0. The van der Waals surface area contributed by atoms with Gasteiger partial charge in [0.05, 0.1) is 0 Å². The first-order valence-electron chi connectivity index (χ1n) is 5.69. The van der Waals surface area contributed by atoms with E-state index in [1.54, 1.807) is 0 Å². The Bertz CT molecular complexity index is 211. The lowest BCUT2D eigenvalue weighted by Gasteiger charge is -2.29. The first-order chi connectivity index (χ1) is 6.79. The minimum atomic E-state index is -0.145. The van der Waals surface area contributed by atoms with Crippen molar-refractivity contribution in [3.05, 3.63) is 0 Å². The third-order valence-electron chi connectivity index (χ3n) is 3.30. The fraction of sp³-hybridized carbons (Fsp3) is 0.909. The number of rotatable bonds is 1. The van der Waals surface area contributed by atoms with Gasteiger partial charge in [0.25, 0.3) is 5.91 Å². The molecule has 2 aliphatic heterocycles. The summed E-state index contributed by atoms with van der Waals surface area (Å²) in [5.41, 5.74) is 0. The van der Waals surface area contributed by atoms with Crippen molar-refractivity contribution in [2.45, 2.75) is 38.7 Å². The van der Waals surface area contributed by atoms with E-state index in [4.69, 9.17) is 4.74 Å². The van der Waals surface area contributed by atoms with Crippen LogP contribution in [0.2, 0.25) is 0 Å². The molecule has 2 heterocycles. The molecule has 1 amide bonds. The van der Waals surface area contributed by atoms with Crippen LogP contribution >= 0.6 is 0 Å². The summed E-state index contributed by atoms with van der Waals surface area (Å²) in [4.78, 5) is 14.0. The first-order valence-corrected chi connectivity index (χ1v) is 5.69. The Morgan fingerprint density at radius 3 is 2.57 bits per heavy atom. The quantitative estimate of drug-likeness (QED) is 0.636. The summed E-state index contributed by atoms with van der Waals surface area (Å²) >= 11 is 0. The van der Waals surface area contributed by atoms with Gasteiger partial charge >= 0.3 is 0 Å². The van der Waals surface area contributed by atoms with Gasteiger partial charge in [-0.3, -0.25) is 4.79 Å². The fourth-order valence-corrected chi connectivity index (χ4v) is 2.31. The molecule has 2 saturated heterocycles. The Kier molecular flexibility index (Phi) is 3.06. The molecule has 3 heteroatoms. The van der Waals surface area contributed by atoms with Crippen molar-refractivity contribution < 1.29 is 9.53 Å². The number of hydrogen-bond acceptors (Lipinski definition) is 2. The van der Waals surface area contributed by atoms with E-state index >= 15 is 0 Å². The van der Waals surface area contributed by atoms with Crippen LogP contribution < -0.4 is 0 Å². The molecule has 0 N–H and O–H groups in total. The predicted octanol–water partition coefficient (Wildman–Crippen LogP) is 1.42. The smallest absolute Gasteiger partial charge is 0.251 e. The van der Waals surface area contributed by atoms with E-state index in [9.17, 15) is 4.79 Å². The molecular weight excluding hydrogens is 178 g/mol. The molecule has 3 nitrogen and oxygen atoms in total. The average Bonchev–Trinajstić information content (AvgIpc) is 2.65. The van der Waals surface area contributed by atoms with Gasteiger partial charge in [-0.2, -0.15) is 0 Å². The molecule has 0 bridgehead atoms. The van der Waals surface area contributed by atoms with E-state index in [2.05, 4.69) is 6.92 Å². The summed E-state index contributed by atoms with van der Waals surface area (Å²) in [6.45, 7) is 4.74. The lowest BCUT2D eigenvalue weighted by molar-refractivity contribution is -0.143. The predicted molar refractivity (Wildman–Crippen MR) is 54.0 cm³/mol. The average molecular weight is 197 g/mol. The zero-order valence-electron chi connectivity index (χ0n) is 8.87. The third kappa shape index (κ3) is 1.92. The van der Waals surface area contributed by atoms with Gasteiger partial charge in [0, 0.05) is 19.7 Å². The Balaban J connectivity index is 1.92. The van der Waals surface area contributed by atoms with Gasteiger partial charge in [0.1, 0.15) is 6.10 Å². The highest BCUT2D eigenvalue weighted by molar-refractivity contribution is 5.81. The van der Waals surface area contributed by atoms with E-state index in [0.717, 1.165) is 39.0 Å². The summed E-state index contributed by atoms with van der Waals surface area (Å²) in [6.07, 6.45) is 4.47. The van der Waals surface area contributed by atoms with E-state index in [0.29, 0.717) is 5.92 Å². The van der Waals surface area contributed by atoms with Crippen molar-refractivity contribution in [1.82, 2.24) is 4.90 Å². The highest BCUT2D eigenvalue weighted by atomic mass is 16.5. The molecule has 0 saturated carbocycles. The van der Waals surface area contributed by atoms with Crippen molar-refractivity contribution in [2.24, 2.45) is 5.92 Å². The molecule has 0 aromatic rings. The third-order valence-corrected chi connectivity index (χ3v) is 3.30. The van der Waals surface area contributed by atoms with Crippen molar-refractivity contribution in [2.75, 3.05) is 19.7 Å². The van der Waals surface area contributed by atoms with Crippen LogP contribution in [0.4, 0.5) is 0 Å². The zero-order chi connectivity index (χ0) is 9.97. The Hall–Kier alpha value is -0.570. The molecule has 0 aromatic carbocycles. The molecule has 0 aromatic heterocycles. The molecule has 2 aliphatic rings. The standard InChI is InChI=1S/C11H19NO2/c1-9-5-8-14-10(9)11(13)12-6-3-2-4-7-12/h9-10H,2-8H2,1H3. The van der Waals surface area contributed by atoms with Crippen molar-refractivity contribution in [3.63, 3.8) is 0 Å². The normalized spacial score (nSPS) is 33.4. The molecule has 80 valence electrons. The molecule has 0 spiro atoms. The number of carbonyl (C=O) groups excluding carboxylic acids is 1. The molecule has 0 radical (unpaired) electrons. The van der Waals surface area contributed by atoms with Crippen LogP contribution in [0, 0.1) is 5.92 Å². The summed E-state index contributed by atoms with van der Waals surface area (Å²) in [7, 11) is 0. The van der Waals surface area contributed by atoms with Crippen LogP contribution in [0.1, 0.15) is 32.6 Å². The molecule has 2 atom stereocenters. The highest BCUT2D eigenvalue weighted by Gasteiger charge is 2.34. The molecule has 0 aliphatic carbocycles. The van der Waals surface area contributed by atoms with Gasteiger partial charge < -0.3 is 9.64 Å². The largest absolute Gasteiger partial charge is 0.368 e. The molecular formula is C11H19NO2. The Morgan fingerprint density at radius 1 is 1.29 bits per heavy atom. The van der Waals surface area contributed by atoms with Gasteiger partial charge in [-0.1, -0.05) is 6.92 Å². The van der Waals surface area contributed by atoms with E-state index in [1.165, 1.54) is 6.42 Å². The Morgan fingerprint density at radius 2 is 2.00 bits per heavy atom. The number of amides is 1. The lowest BCUT2D eigenvalue weighted by Crippen LogP contribution is -2.43. The monoisotopic (exact) mass is 197 g/mol. The molecule has 2 unspecified atom stereocenters. The minimum Gasteiger partial charge on any atom is -0.368 e. The maximum Gasteiger partial charge on any atom is 0.251 e. The van der Waals surface area contributed by atoms with Gasteiger partial charge in [0.2, 0.25) is 0 Å². The molecule has 2 rings (SSSR count). The minimum absolute atomic E-state index is 0.145. The summed E-state index contributed by atoms with van der Waals surface area (Å²) in [5.74, 6) is 0.638. The number of likely N-dealkylation sites (tertiary alicyclic amines) is 1. The number of nitrogens with zero attached hydrogens (tertiary/aromatic N) is 1. The topological polar surface area (TPSA) is 29.5 Å². The number of carbonyl (C=O) groups is 1. The number of piperidine rings is 1. The van der Waals surface area contributed by atoms with Gasteiger partial charge in [-0.15, -0.1) is 0 Å². The van der Waals surface area contributed by atoms with Crippen LogP contribution in [0.25, 0.3) is 0 Å². The first kappa shape index (κ1) is 9.97. The maximum atomic E-state index is 12.0. The van der Waals surface area contributed by atoms with Crippen molar-refractivity contribution in [3.8, 4) is 0 Å². The van der Waals surface area contributed by atoms with Crippen LogP contribution in [-0.4, -0.2) is 36.6 Å².